The molecule has 0 aliphatic carbocycles. The number of hydrogen-bond acceptors (Lipinski definition) is 8. The summed E-state index contributed by atoms with van der Waals surface area (Å²) in [4.78, 5) is 15.1. The van der Waals surface area contributed by atoms with E-state index in [1.165, 1.54) is 0 Å². The molecule has 1 saturated heterocycles. The van der Waals surface area contributed by atoms with Gasteiger partial charge < -0.3 is 25.8 Å². The van der Waals surface area contributed by atoms with Crippen LogP contribution in [-0.2, 0) is 4.74 Å². The lowest BCUT2D eigenvalue weighted by Gasteiger charge is -2.25. The number of rotatable bonds is 2. The molecule has 5 N–H and O–H groups in total. The van der Waals surface area contributed by atoms with Crippen molar-refractivity contribution in [3.05, 3.63) is 16.7 Å². The molecule has 1 fully saturated rings. The van der Waals surface area contributed by atoms with Crippen LogP contribution in [0, 0.1) is 11.3 Å². The second kappa shape index (κ2) is 5.35. The molecule has 0 radical (unpaired) electrons. The van der Waals surface area contributed by atoms with E-state index in [-0.39, 0.29) is 5.82 Å². The Morgan fingerprint density at radius 1 is 1.65 bits per heavy atom. The molecular weight excluding hydrogens is 292 g/mol. The summed E-state index contributed by atoms with van der Waals surface area (Å²) in [5.74, 6) is 2.04. The van der Waals surface area contributed by atoms with E-state index in [2.05, 4.69) is 16.0 Å². The molecule has 0 amide bonds. The Hall–Kier alpha value is -1.70. The summed E-state index contributed by atoms with van der Waals surface area (Å²) in [6.07, 6.45) is -3.16. The summed E-state index contributed by atoms with van der Waals surface area (Å²) in [6.45, 7) is -0.596. The SMILES string of the molecule is Nc1cnn([C@@H]2O[C@H](CO)C(O)[C@]2(O)C#CCl)c(=O)n1. The van der Waals surface area contributed by atoms with E-state index in [4.69, 9.17) is 27.2 Å². The summed E-state index contributed by atoms with van der Waals surface area (Å²) < 4.78 is 5.87. The summed E-state index contributed by atoms with van der Waals surface area (Å²) in [5.41, 5.74) is 2.18. The van der Waals surface area contributed by atoms with Crippen LogP contribution in [0.15, 0.2) is 11.0 Å². The third-order valence-corrected chi connectivity index (χ3v) is 2.96. The first kappa shape index (κ1) is 14.7. The van der Waals surface area contributed by atoms with Gasteiger partial charge in [0.15, 0.2) is 6.23 Å². The van der Waals surface area contributed by atoms with Gasteiger partial charge in [0, 0.05) is 5.38 Å². The molecule has 108 valence electrons. The van der Waals surface area contributed by atoms with E-state index in [9.17, 15) is 15.0 Å². The van der Waals surface area contributed by atoms with Crippen LogP contribution in [0.4, 0.5) is 5.82 Å². The van der Waals surface area contributed by atoms with E-state index < -0.39 is 36.3 Å². The van der Waals surface area contributed by atoms with Gasteiger partial charge in [-0.2, -0.15) is 14.8 Å². The fraction of sp³-hybridized carbons (Fsp3) is 0.500. The number of aliphatic hydroxyl groups excluding tert-OH is 2. The maximum absolute atomic E-state index is 11.7. The number of aromatic nitrogens is 3. The van der Waals surface area contributed by atoms with Crippen molar-refractivity contribution in [2.45, 2.75) is 24.0 Å². The number of nitrogens with zero attached hydrogens (tertiary/aromatic N) is 3. The monoisotopic (exact) mass is 302 g/mol. The second-order valence-electron chi connectivity index (χ2n) is 4.11. The Kier molecular flexibility index (Phi) is 3.94. The molecule has 0 spiro atoms. The lowest BCUT2D eigenvalue weighted by molar-refractivity contribution is -0.0836. The van der Waals surface area contributed by atoms with Crippen LogP contribution in [0.3, 0.4) is 0 Å². The molecular formula is C10H11ClN4O5. The topological polar surface area (TPSA) is 144 Å². The minimum atomic E-state index is -2.22. The average Bonchev–Trinajstić information content (AvgIpc) is 2.63. The molecule has 10 heteroatoms. The van der Waals surface area contributed by atoms with Crippen LogP contribution in [0.2, 0.25) is 0 Å². The van der Waals surface area contributed by atoms with Gasteiger partial charge in [-0.3, -0.25) is 0 Å². The quantitative estimate of drug-likeness (QED) is 0.435. The molecule has 1 aliphatic heterocycles. The van der Waals surface area contributed by atoms with E-state index in [1.54, 1.807) is 0 Å². The zero-order valence-corrected chi connectivity index (χ0v) is 10.7. The number of ether oxygens (including phenoxy) is 1. The Balaban J connectivity index is 2.52. The third kappa shape index (κ3) is 2.24. The van der Waals surface area contributed by atoms with Gasteiger partial charge in [0.05, 0.1) is 12.8 Å². The van der Waals surface area contributed by atoms with E-state index in [0.29, 0.717) is 4.68 Å². The van der Waals surface area contributed by atoms with E-state index in [0.717, 1.165) is 6.20 Å². The molecule has 0 saturated carbocycles. The van der Waals surface area contributed by atoms with Gasteiger partial charge >= 0.3 is 5.69 Å². The molecule has 9 nitrogen and oxygen atoms in total. The number of nitrogen functional groups attached to an aromatic ring is 1. The number of halogens is 1. The lowest BCUT2D eigenvalue weighted by atomic mass is 9.95. The molecule has 0 bridgehead atoms. The van der Waals surface area contributed by atoms with Crippen LogP contribution in [0.25, 0.3) is 0 Å². The van der Waals surface area contributed by atoms with Crippen molar-refractivity contribution in [1.82, 2.24) is 14.8 Å². The molecule has 0 aromatic carbocycles. The average molecular weight is 303 g/mol. The van der Waals surface area contributed by atoms with Crippen molar-refractivity contribution >= 4 is 17.4 Å². The van der Waals surface area contributed by atoms with Gasteiger partial charge in [-0.1, -0.05) is 0 Å². The highest BCUT2D eigenvalue weighted by atomic mass is 35.5. The van der Waals surface area contributed by atoms with E-state index in [1.807, 2.05) is 5.38 Å². The number of aliphatic hydroxyl groups is 3. The zero-order chi connectivity index (χ0) is 14.9. The van der Waals surface area contributed by atoms with Crippen molar-refractivity contribution < 1.29 is 20.1 Å². The molecule has 2 heterocycles. The molecule has 4 atom stereocenters. The molecule has 1 aromatic heterocycles. The lowest BCUT2D eigenvalue weighted by Crippen LogP contribution is -2.48. The van der Waals surface area contributed by atoms with Crippen molar-refractivity contribution in [2.24, 2.45) is 0 Å². The highest BCUT2D eigenvalue weighted by molar-refractivity contribution is 6.30. The van der Waals surface area contributed by atoms with Crippen LogP contribution < -0.4 is 11.4 Å². The number of hydrogen-bond donors (Lipinski definition) is 4. The third-order valence-electron chi connectivity index (χ3n) is 2.87. The number of anilines is 1. The molecule has 1 aromatic rings. The fourth-order valence-electron chi connectivity index (χ4n) is 1.89. The first-order valence-corrected chi connectivity index (χ1v) is 5.82. The van der Waals surface area contributed by atoms with Crippen molar-refractivity contribution in [3.8, 4) is 11.3 Å². The first-order chi connectivity index (χ1) is 9.43. The maximum Gasteiger partial charge on any atom is 0.368 e. The van der Waals surface area contributed by atoms with Crippen molar-refractivity contribution in [3.63, 3.8) is 0 Å². The van der Waals surface area contributed by atoms with Gasteiger partial charge in [-0.05, 0) is 17.5 Å². The standard InChI is InChI=1S/C10H11ClN4O5/c11-2-1-10(19)7(17)5(4-16)20-8(10)15-9(18)14-6(12)3-13-15/h3,5,7-8,16-17,19H,4H2,(H2,12,14,18)/t5-,7?,8-,10-/m1/s1. The zero-order valence-electron chi connectivity index (χ0n) is 9.97. The van der Waals surface area contributed by atoms with Crippen LogP contribution in [0.1, 0.15) is 6.23 Å². The smallest absolute Gasteiger partial charge is 0.368 e. The Labute approximate surface area is 117 Å². The highest BCUT2D eigenvalue weighted by Gasteiger charge is 2.56. The first-order valence-electron chi connectivity index (χ1n) is 5.45. The van der Waals surface area contributed by atoms with Crippen molar-refractivity contribution in [2.75, 3.05) is 12.3 Å². The predicted molar refractivity (Wildman–Crippen MR) is 66.3 cm³/mol. The maximum atomic E-state index is 11.7. The molecule has 20 heavy (non-hydrogen) atoms. The largest absolute Gasteiger partial charge is 0.394 e. The Bertz CT molecular complexity index is 626. The molecule has 1 aliphatic rings. The van der Waals surface area contributed by atoms with Crippen LogP contribution >= 0.6 is 11.6 Å². The molecule has 2 rings (SSSR count). The van der Waals surface area contributed by atoms with Crippen LogP contribution in [-0.4, -0.2) is 54.5 Å². The van der Waals surface area contributed by atoms with Gasteiger partial charge in [0.1, 0.15) is 18.0 Å². The second-order valence-corrected chi connectivity index (χ2v) is 4.30. The van der Waals surface area contributed by atoms with Gasteiger partial charge in [-0.25, -0.2) is 4.79 Å². The minimum Gasteiger partial charge on any atom is -0.394 e. The summed E-state index contributed by atoms with van der Waals surface area (Å²) >= 11 is 5.25. The summed E-state index contributed by atoms with van der Waals surface area (Å²) in [5, 5.41) is 35.0. The summed E-state index contributed by atoms with van der Waals surface area (Å²) in [7, 11) is 0. The van der Waals surface area contributed by atoms with E-state index >= 15 is 0 Å². The predicted octanol–water partition coefficient (Wildman–Crippen LogP) is -2.60. The van der Waals surface area contributed by atoms with Gasteiger partial charge in [0.2, 0.25) is 5.60 Å². The Morgan fingerprint density at radius 3 is 2.90 bits per heavy atom. The highest BCUT2D eigenvalue weighted by Crippen LogP contribution is 2.36. The van der Waals surface area contributed by atoms with Crippen LogP contribution in [0.5, 0.6) is 0 Å². The number of nitrogens with two attached hydrogens (primary N) is 1. The van der Waals surface area contributed by atoms with Crippen molar-refractivity contribution in [1.29, 1.82) is 0 Å². The molecule has 1 unspecified atom stereocenters. The van der Waals surface area contributed by atoms with Gasteiger partial charge in [-0.15, -0.1) is 0 Å². The Morgan fingerprint density at radius 2 is 2.35 bits per heavy atom. The fourth-order valence-corrected chi connectivity index (χ4v) is 2.05. The minimum absolute atomic E-state index is 0.115. The summed E-state index contributed by atoms with van der Waals surface area (Å²) in [6, 6.07) is 0. The normalized spacial score (nSPS) is 32.7. The van der Waals surface area contributed by atoms with Gasteiger partial charge in [0.25, 0.3) is 0 Å².